The number of amides is 1. The summed E-state index contributed by atoms with van der Waals surface area (Å²) < 4.78 is 5.38. The highest BCUT2D eigenvalue weighted by Gasteiger charge is 2.24. The molecule has 1 aromatic carbocycles. The van der Waals surface area contributed by atoms with Crippen molar-refractivity contribution in [1.82, 2.24) is 15.2 Å². The average molecular weight is 504 g/mol. The number of thioether (sulfide) groups is 1. The van der Waals surface area contributed by atoms with Crippen LogP contribution in [-0.4, -0.2) is 78.1 Å². The van der Waals surface area contributed by atoms with E-state index in [9.17, 15) is 4.79 Å². The number of nitrogens with zero attached hydrogens (tertiary/aromatic N) is 2. The van der Waals surface area contributed by atoms with Gasteiger partial charge in [-0.15, -0.1) is 11.8 Å². The van der Waals surface area contributed by atoms with Crippen molar-refractivity contribution in [2.24, 2.45) is 4.99 Å². The number of hydrogen-bond donors (Lipinski definition) is 3. The molecule has 3 N–H and O–H groups in total. The summed E-state index contributed by atoms with van der Waals surface area (Å²) in [4.78, 5) is 23.2. The van der Waals surface area contributed by atoms with E-state index in [0.717, 1.165) is 77.4 Å². The predicted molar refractivity (Wildman–Crippen MR) is 141 cm³/mol. The van der Waals surface area contributed by atoms with Gasteiger partial charge in [0, 0.05) is 48.3 Å². The van der Waals surface area contributed by atoms with Gasteiger partial charge in [0.1, 0.15) is 5.04 Å². The third-order valence-corrected chi connectivity index (χ3v) is 8.22. The lowest BCUT2D eigenvalue weighted by atomic mass is 10.2. The number of carbonyl (C=O) groups is 1. The quantitative estimate of drug-likeness (QED) is 0.445. The zero-order valence-electron chi connectivity index (χ0n) is 19.6. The van der Waals surface area contributed by atoms with Crippen molar-refractivity contribution in [1.29, 1.82) is 0 Å². The van der Waals surface area contributed by atoms with E-state index in [-0.39, 0.29) is 11.9 Å². The van der Waals surface area contributed by atoms with Crippen LogP contribution >= 0.6 is 23.4 Å². The maximum absolute atomic E-state index is 12.4. The second kappa shape index (κ2) is 11.3. The number of ether oxygens (including phenoxy) is 1. The van der Waals surface area contributed by atoms with E-state index >= 15 is 0 Å². The van der Waals surface area contributed by atoms with E-state index in [1.54, 1.807) is 11.8 Å². The fourth-order valence-electron chi connectivity index (χ4n) is 5.04. The van der Waals surface area contributed by atoms with Gasteiger partial charge in [-0.3, -0.25) is 14.7 Å². The van der Waals surface area contributed by atoms with Crippen LogP contribution in [0.25, 0.3) is 10.9 Å². The Morgan fingerprint density at radius 2 is 2.06 bits per heavy atom. The standard InChI is InChI=1S/C25H34ClN5O2S/c26-18-12-17-13-22(30-24(17)21(14-18)28-19-4-1-2-5-19)25-29-20(16-34-25)15-23(32)27-6-3-7-31-8-10-33-11-9-31/h12-14,19-20,28,30H,1-11,15-16H2,(H,27,32)/t20-/m1/s1. The number of halogens is 1. The van der Waals surface area contributed by atoms with Gasteiger partial charge in [-0.2, -0.15) is 0 Å². The molecule has 0 spiro atoms. The van der Waals surface area contributed by atoms with Crippen molar-refractivity contribution >= 4 is 50.9 Å². The fourth-order valence-corrected chi connectivity index (χ4v) is 6.29. The Labute approximate surface area is 210 Å². The van der Waals surface area contributed by atoms with E-state index in [4.69, 9.17) is 21.3 Å². The van der Waals surface area contributed by atoms with Crippen LogP contribution in [0.3, 0.4) is 0 Å². The highest BCUT2D eigenvalue weighted by atomic mass is 35.5. The predicted octanol–water partition coefficient (Wildman–Crippen LogP) is 4.27. The second-order valence-electron chi connectivity index (χ2n) is 9.49. The number of morpholine rings is 1. The van der Waals surface area contributed by atoms with Crippen LogP contribution in [-0.2, 0) is 9.53 Å². The SMILES string of the molecule is O=C(C[C@@H]1CSC(c2cc3cc(Cl)cc(NC4CCCC4)c3[nH]2)=N1)NCCCN1CCOCC1. The number of benzene rings is 1. The number of anilines is 1. The minimum absolute atomic E-state index is 0.0188. The first-order valence-corrected chi connectivity index (χ1v) is 13.9. The molecule has 1 amide bonds. The smallest absolute Gasteiger partial charge is 0.222 e. The summed E-state index contributed by atoms with van der Waals surface area (Å²) in [6, 6.07) is 6.67. The Morgan fingerprint density at radius 3 is 2.88 bits per heavy atom. The van der Waals surface area contributed by atoms with Gasteiger partial charge in [-0.05, 0) is 44.0 Å². The third-order valence-electron chi connectivity index (χ3n) is 6.85. The van der Waals surface area contributed by atoms with Gasteiger partial charge in [0.25, 0.3) is 0 Å². The molecule has 2 aliphatic heterocycles. The lowest BCUT2D eigenvalue weighted by molar-refractivity contribution is -0.121. The van der Waals surface area contributed by atoms with Crippen molar-refractivity contribution in [2.45, 2.75) is 50.6 Å². The van der Waals surface area contributed by atoms with E-state index in [0.29, 0.717) is 19.0 Å². The molecule has 1 atom stereocenters. The molecule has 7 nitrogen and oxygen atoms in total. The number of H-pyrrole nitrogens is 1. The number of nitrogens with one attached hydrogen (secondary N) is 3. The van der Waals surface area contributed by atoms with Gasteiger partial charge in [-0.25, -0.2) is 0 Å². The highest BCUT2D eigenvalue weighted by molar-refractivity contribution is 8.14. The summed E-state index contributed by atoms with van der Waals surface area (Å²) in [6.07, 6.45) is 6.40. The Hall–Kier alpha value is -1.74. The first kappa shape index (κ1) is 24.0. The van der Waals surface area contributed by atoms with E-state index in [2.05, 4.69) is 26.6 Å². The molecule has 2 fully saturated rings. The molecule has 3 heterocycles. The van der Waals surface area contributed by atoms with E-state index in [1.165, 1.54) is 25.7 Å². The van der Waals surface area contributed by atoms with Crippen LogP contribution in [0.1, 0.15) is 44.2 Å². The van der Waals surface area contributed by atoms with Crippen LogP contribution in [0.5, 0.6) is 0 Å². The summed E-state index contributed by atoms with van der Waals surface area (Å²) in [5.74, 6) is 0.920. The molecule has 0 unspecified atom stereocenters. The first-order chi connectivity index (χ1) is 16.6. The number of fused-ring (bicyclic) bond motifs is 1. The zero-order chi connectivity index (χ0) is 23.3. The minimum atomic E-state index is 0.0188. The Bertz CT molecular complexity index is 1030. The largest absolute Gasteiger partial charge is 0.381 e. The second-order valence-corrected chi connectivity index (χ2v) is 10.9. The summed E-state index contributed by atoms with van der Waals surface area (Å²) in [6.45, 7) is 5.33. The summed E-state index contributed by atoms with van der Waals surface area (Å²) in [7, 11) is 0. The monoisotopic (exact) mass is 503 g/mol. The van der Waals surface area contributed by atoms with Crippen molar-refractivity contribution in [3.63, 3.8) is 0 Å². The Balaban J connectivity index is 1.15. The first-order valence-electron chi connectivity index (χ1n) is 12.5. The lowest BCUT2D eigenvalue weighted by Crippen LogP contribution is -2.38. The number of aromatic amines is 1. The summed E-state index contributed by atoms with van der Waals surface area (Å²) >= 11 is 8.13. The van der Waals surface area contributed by atoms with Crippen molar-refractivity contribution in [2.75, 3.05) is 50.5 Å². The molecule has 2 aromatic rings. The van der Waals surface area contributed by atoms with Gasteiger partial charge in [0.2, 0.25) is 5.91 Å². The van der Waals surface area contributed by atoms with Crippen LogP contribution < -0.4 is 10.6 Å². The number of carbonyl (C=O) groups excluding carboxylic acids is 1. The molecule has 1 saturated heterocycles. The molecular formula is C25H34ClN5O2S. The molecule has 1 saturated carbocycles. The van der Waals surface area contributed by atoms with Crippen LogP contribution in [0.4, 0.5) is 5.69 Å². The summed E-state index contributed by atoms with van der Waals surface area (Å²) in [5, 5.41) is 9.56. The van der Waals surface area contributed by atoms with Gasteiger partial charge in [0.05, 0.1) is 36.2 Å². The van der Waals surface area contributed by atoms with Crippen molar-refractivity contribution in [3.8, 4) is 0 Å². The van der Waals surface area contributed by atoms with Crippen molar-refractivity contribution < 1.29 is 9.53 Å². The van der Waals surface area contributed by atoms with E-state index in [1.807, 2.05) is 12.1 Å². The molecule has 34 heavy (non-hydrogen) atoms. The average Bonchev–Trinajstić information content (AvgIpc) is 3.58. The zero-order valence-corrected chi connectivity index (χ0v) is 21.1. The van der Waals surface area contributed by atoms with Gasteiger partial charge < -0.3 is 20.4 Å². The maximum atomic E-state index is 12.4. The van der Waals surface area contributed by atoms with Crippen LogP contribution in [0.15, 0.2) is 23.2 Å². The molecule has 5 rings (SSSR count). The third kappa shape index (κ3) is 6.08. The topological polar surface area (TPSA) is 81.8 Å². The summed E-state index contributed by atoms with van der Waals surface area (Å²) in [5.41, 5.74) is 3.15. The van der Waals surface area contributed by atoms with E-state index < -0.39 is 0 Å². The van der Waals surface area contributed by atoms with Gasteiger partial charge in [-0.1, -0.05) is 24.4 Å². The number of hydrogen-bond acceptors (Lipinski definition) is 6. The molecule has 9 heteroatoms. The molecule has 1 aromatic heterocycles. The highest BCUT2D eigenvalue weighted by Crippen LogP contribution is 2.33. The lowest BCUT2D eigenvalue weighted by Gasteiger charge is -2.26. The number of rotatable bonds is 9. The molecule has 184 valence electrons. The molecule has 0 bridgehead atoms. The van der Waals surface area contributed by atoms with Crippen LogP contribution in [0.2, 0.25) is 5.02 Å². The minimum Gasteiger partial charge on any atom is -0.381 e. The van der Waals surface area contributed by atoms with Crippen LogP contribution in [0, 0.1) is 0 Å². The van der Waals surface area contributed by atoms with Gasteiger partial charge >= 0.3 is 0 Å². The molecule has 1 aliphatic carbocycles. The molecule has 0 radical (unpaired) electrons. The van der Waals surface area contributed by atoms with Gasteiger partial charge in [0.15, 0.2) is 0 Å². The fraction of sp³-hybridized carbons (Fsp3) is 0.600. The molecule has 3 aliphatic rings. The van der Waals surface area contributed by atoms with Crippen molar-refractivity contribution in [3.05, 3.63) is 28.9 Å². The normalized spacial score (nSPS) is 21.8. The Morgan fingerprint density at radius 1 is 1.24 bits per heavy atom. The number of aromatic nitrogens is 1. The Kier molecular flexibility index (Phi) is 7.99. The number of aliphatic imine (C=N–C) groups is 1. The molecular weight excluding hydrogens is 470 g/mol. The maximum Gasteiger partial charge on any atom is 0.222 e.